The first-order chi connectivity index (χ1) is 9.26. The molecule has 0 saturated heterocycles. The van der Waals surface area contributed by atoms with Gasteiger partial charge in [-0.25, -0.2) is 4.79 Å². The molecule has 0 aliphatic heterocycles. The van der Waals surface area contributed by atoms with Crippen LogP contribution in [0.25, 0.3) is 17.0 Å². The van der Waals surface area contributed by atoms with Crippen molar-refractivity contribution in [2.24, 2.45) is 0 Å². The number of hydrogen-bond donors (Lipinski definition) is 0. The van der Waals surface area contributed by atoms with E-state index >= 15 is 0 Å². The van der Waals surface area contributed by atoms with Crippen LogP contribution in [-0.4, -0.2) is 13.1 Å². The van der Waals surface area contributed by atoms with Gasteiger partial charge in [-0.2, -0.15) is 0 Å². The molecule has 2 aromatic rings. The van der Waals surface area contributed by atoms with E-state index in [1.807, 2.05) is 24.3 Å². The number of esters is 1. The third-order valence-corrected chi connectivity index (χ3v) is 3.06. The van der Waals surface area contributed by atoms with Gasteiger partial charge in [0.25, 0.3) is 0 Å². The van der Waals surface area contributed by atoms with Crippen LogP contribution in [0, 0.1) is 0 Å². The van der Waals surface area contributed by atoms with E-state index in [9.17, 15) is 4.79 Å². The lowest BCUT2D eigenvalue weighted by molar-refractivity contribution is -0.134. The molecule has 0 fully saturated rings. The minimum atomic E-state index is -0.355. The van der Waals surface area contributed by atoms with E-state index in [1.165, 1.54) is 13.2 Å². The Balaban J connectivity index is 2.42. The number of ether oxygens (including phenoxy) is 1. The lowest BCUT2D eigenvalue weighted by Gasteiger charge is -1.97. The molecule has 1 aromatic heterocycles. The molecular weight excluding hydrogens is 240 g/mol. The molecule has 0 saturated carbocycles. The highest BCUT2D eigenvalue weighted by atomic mass is 16.5. The summed E-state index contributed by atoms with van der Waals surface area (Å²) >= 11 is 0. The van der Waals surface area contributed by atoms with Gasteiger partial charge in [-0.3, -0.25) is 0 Å². The number of aryl methyl sites for hydroxylation is 1. The molecular formula is C16H18O3. The Kier molecular flexibility index (Phi) is 4.39. The Bertz CT molecular complexity index is 593. The van der Waals surface area contributed by atoms with Crippen LogP contribution in [0.1, 0.15) is 31.1 Å². The highest BCUT2D eigenvalue weighted by Crippen LogP contribution is 2.28. The summed E-state index contributed by atoms with van der Waals surface area (Å²) in [6.07, 6.45) is 6.28. The van der Waals surface area contributed by atoms with Crippen molar-refractivity contribution in [3.05, 3.63) is 41.7 Å². The second kappa shape index (κ2) is 6.23. The Morgan fingerprint density at radius 2 is 2.16 bits per heavy atom. The summed E-state index contributed by atoms with van der Waals surface area (Å²) in [7, 11) is 1.37. The van der Waals surface area contributed by atoms with E-state index in [0.29, 0.717) is 0 Å². The number of unbranched alkanes of at least 4 members (excludes halogenated alkanes) is 1. The first-order valence-electron chi connectivity index (χ1n) is 6.52. The summed E-state index contributed by atoms with van der Waals surface area (Å²) in [5, 5.41) is 1.04. The van der Waals surface area contributed by atoms with Gasteiger partial charge in [0.15, 0.2) is 0 Å². The fourth-order valence-electron chi connectivity index (χ4n) is 2.04. The normalized spacial score (nSPS) is 11.3. The SMILES string of the molecule is CCCCc1oc2ccccc2c1/C=C/C(=O)OC. The van der Waals surface area contributed by atoms with Crippen molar-refractivity contribution in [2.45, 2.75) is 26.2 Å². The van der Waals surface area contributed by atoms with Crippen molar-refractivity contribution in [1.29, 1.82) is 0 Å². The second-order valence-corrected chi connectivity index (χ2v) is 4.40. The Morgan fingerprint density at radius 3 is 2.89 bits per heavy atom. The summed E-state index contributed by atoms with van der Waals surface area (Å²) < 4.78 is 10.5. The first kappa shape index (κ1) is 13.4. The van der Waals surface area contributed by atoms with Gasteiger partial charge in [0.1, 0.15) is 11.3 Å². The summed E-state index contributed by atoms with van der Waals surface area (Å²) in [5.74, 6) is 0.579. The maximum absolute atomic E-state index is 11.2. The number of hydrogen-bond acceptors (Lipinski definition) is 3. The smallest absolute Gasteiger partial charge is 0.330 e. The molecule has 3 nitrogen and oxygen atoms in total. The maximum atomic E-state index is 11.2. The van der Waals surface area contributed by atoms with Crippen LogP contribution in [0.4, 0.5) is 0 Å². The number of methoxy groups -OCH3 is 1. The van der Waals surface area contributed by atoms with Crippen LogP contribution >= 0.6 is 0 Å². The summed E-state index contributed by atoms with van der Waals surface area (Å²) in [6, 6.07) is 7.87. The van der Waals surface area contributed by atoms with E-state index in [1.54, 1.807) is 6.08 Å². The third-order valence-electron chi connectivity index (χ3n) is 3.06. The number of benzene rings is 1. The largest absolute Gasteiger partial charge is 0.466 e. The van der Waals surface area contributed by atoms with Gasteiger partial charge in [0.05, 0.1) is 7.11 Å². The van der Waals surface area contributed by atoms with Crippen LogP contribution in [0.2, 0.25) is 0 Å². The standard InChI is InChI=1S/C16H18O3/c1-3-4-8-14-13(10-11-16(17)18-2)12-7-5-6-9-15(12)19-14/h5-7,9-11H,3-4,8H2,1-2H3/b11-10+. The van der Waals surface area contributed by atoms with Crippen molar-refractivity contribution >= 4 is 23.0 Å². The fourth-order valence-corrected chi connectivity index (χ4v) is 2.04. The lowest BCUT2D eigenvalue weighted by Crippen LogP contribution is -1.93. The number of rotatable bonds is 5. The molecule has 100 valence electrons. The molecule has 0 aliphatic rings. The van der Waals surface area contributed by atoms with Gasteiger partial charge in [-0.15, -0.1) is 0 Å². The number of carbonyl (C=O) groups is 1. The number of fused-ring (bicyclic) bond motifs is 1. The van der Waals surface area contributed by atoms with Gasteiger partial charge in [-0.05, 0) is 18.6 Å². The Hall–Kier alpha value is -2.03. The second-order valence-electron chi connectivity index (χ2n) is 4.40. The van der Waals surface area contributed by atoms with Crippen LogP contribution in [0.15, 0.2) is 34.8 Å². The molecule has 0 radical (unpaired) electrons. The minimum absolute atomic E-state index is 0.355. The predicted octanol–water partition coefficient (Wildman–Crippen LogP) is 3.96. The van der Waals surface area contributed by atoms with E-state index < -0.39 is 0 Å². The topological polar surface area (TPSA) is 39.4 Å². The molecule has 0 N–H and O–H groups in total. The molecule has 0 aliphatic carbocycles. The van der Waals surface area contributed by atoms with E-state index in [-0.39, 0.29) is 5.97 Å². The number of carbonyl (C=O) groups excluding carboxylic acids is 1. The third kappa shape index (κ3) is 3.05. The summed E-state index contributed by atoms with van der Waals surface area (Å²) in [5.41, 5.74) is 1.84. The van der Waals surface area contributed by atoms with Crippen molar-refractivity contribution in [1.82, 2.24) is 0 Å². The van der Waals surface area contributed by atoms with Crippen molar-refractivity contribution in [3.8, 4) is 0 Å². The van der Waals surface area contributed by atoms with Crippen molar-refractivity contribution < 1.29 is 13.9 Å². The van der Waals surface area contributed by atoms with Crippen molar-refractivity contribution in [3.63, 3.8) is 0 Å². The highest BCUT2D eigenvalue weighted by molar-refractivity contribution is 5.94. The van der Waals surface area contributed by atoms with E-state index in [2.05, 4.69) is 11.7 Å². The van der Waals surface area contributed by atoms with Gasteiger partial charge in [0.2, 0.25) is 0 Å². The molecule has 0 bridgehead atoms. The Labute approximate surface area is 112 Å². The van der Waals surface area contributed by atoms with Crippen LogP contribution in [-0.2, 0) is 16.0 Å². The minimum Gasteiger partial charge on any atom is -0.466 e. The van der Waals surface area contributed by atoms with Gasteiger partial charge in [0, 0.05) is 23.4 Å². The van der Waals surface area contributed by atoms with Crippen LogP contribution < -0.4 is 0 Å². The molecule has 1 aromatic carbocycles. The predicted molar refractivity (Wildman–Crippen MR) is 75.9 cm³/mol. The molecule has 0 unspecified atom stereocenters. The van der Waals surface area contributed by atoms with Gasteiger partial charge < -0.3 is 9.15 Å². The zero-order valence-electron chi connectivity index (χ0n) is 11.3. The van der Waals surface area contributed by atoms with Gasteiger partial charge >= 0.3 is 5.97 Å². The number of para-hydroxylation sites is 1. The molecule has 0 spiro atoms. The average molecular weight is 258 g/mol. The monoisotopic (exact) mass is 258 g/mol. The molecule has 3 heteroatoms. The molecule has 2 rings (SSSR count). The molecule has 0 atom stereocenters. The Morgan fingerprint density at radius 1 is 1.37 bits per heavy atom. The molecule has 1 heterocycles. The summed E-state index contributed by atoms with van der Waals surface area (Å²) in [4.78, 5) is 11.2. The zero-order chi connectivity index (χ0) is 13.7. The quantitative estimate of drug-likeness (QED) is 0.602. The molecule has 19 heavy (non-hydrogen) atoms. The zero-order valence-corrected chi connectivity index (χ0v) is 11.3. The van der Waals surface area contributed by atoms with Crippen LogP contribution in [0.3, 0.4) is 0 Å². The van der Waals surface area contributed by atoms with Gasteiger partial charge in [-0.1, -0.05) is 31.5 Å². The summed E-state index contributed by atoms with van der Waals surface area (Å²) in [6.45, 7) is 2.15. The van der Waals surface area contributed by atoms with E-state index in [0.717, 1.165) is 41.6 Å². The van der Waals surface area contributed by atoms with Crippen molar-refractivity contribution in [2.75, 3.05) is 7.11 Å². The fraction of sp³-hybridized carbons (Fsp3) is 0.312. The highest BCUT2D eigenvalue weighted by Gasteiger charge is 2.11. The number of furan rings is 1. The molecule has 0 amide bonds. The first-order valence-corrected chi connectivity index (χ1v) is 6.52. The van der Waals surface area contributed by atoms with Crippen LogP contribution in [0.5, 0.6) is 0 Å². The average Bonchev–Trinajstić information content (AvgIpc) is 2.80. The van der Waals surface area contributed by atoms with E-state index in [4.69, 9.17) is 4.42 Å². The maximum Gasteiger partial charge on any atom is 0.330 e. The lowest BCUT2D eigenvalue weighted by atomic mass is 10.1.